The van der Waals surface area contributed by atoms with Gasteiger partial charge in [0.25, 0.3) is 5.91 Å². The van der Waals surface area contributed by atoms with Gasteiger partial charge in [0.05, 0.1) is 5.56 Å². The van der Waals surface area contributed by atoms with Crippen molar-refractivity contribution in [1.82, 2.24) is 4.90 Å². The van der Waals surface area contributed by atoms with Crippen LogP contribution >= 0.6 is 15.9 Å². The van der Waals surface area contributed by atoms with Gasteiger partial charge in [-0.15, -0.1) is 0 Å². The van der Waals surface area contributed by atoms with Crippen LogP contribution in [-0.2, 0) is 0 Å². The Labute approximate surface area is 114 Å². The van der Waals surface area contributed by atoms with Crippen LogP contribution in [0.3, 0.4) is 0 Å². The molecule has 1 atom stereocenters. The Morgan fingerprint density at radius 1 is 1.56 bits per heavy atom. The van der Waals surface area contributed by atoms with E-state index in [1.165, 1.54) is 12.1 Å². The van der Waals surface area contributed by atoms with E-state index in [4.69, 9.17) is 0 Å². The van der Waals surface area contributed by atoms with Crippen LogP contribution in [0.15, 0.2) is 18.2 Å². The fraction of sp³-hybridized carbons (Fsp3) is 0.462. The minimum absolute atomic E-state index is 0.173. The molecule has 0 bridgehead atoms. The predicted octanol–water partition coefficient (Wildman–Crippen LogP) is 2.78. The Bertz CT molecular complexity index is 453. The highest BCUT2D eigenvalue weighted by molar-refractivity contribution is 9.09. The highest BCUT2D eigenvalue weighted by atomic mass is 79.9. The van der Waals surface area contributed by atoms with Gasteiger partial charge in [-0.05, 0) is 30.9 Å². The average Bonchev–Trinajstić information content (AvgIpc) is 2.38. The number of hydrogen-bond donors (Lipinski definition) is 1. The second kappa shape index (κ2) is 5.69. The third-order valence-corrected chi connectivity index (χ3v) is 4.13. The number of phenols is 1. The molecule has 2 rings (SSSR count). The molecule has 1 fully saturated rings. The number of likely N-dealkylation sites (tertiary alicyclic amines) is 1. The van der Waals surface area contributed by atoms with Crippen molar-refractivity contribution in [3.8, 4) is 5.75 Å². The van der Waals surface area contributed by atoms with Crippen LogP contribution in [0.5, 0.6) is 5.75 Å². The van der Waals surface area contributed by atoms with Gasteiger partial charge in [-0.2, -0.15) is 0 Å². The zero-order valence-electron chi connectivity index (χ0n) is 9.90. The number of aromatic hydroxyl groups is 1. The molecule has 98 valence electrons. The summed E-state index contributed by atoms with van der Waals surface area (Å²) in [4.78, 5) is 13.9. The fourth-order valence-electron chi connectivity index (χ4n) is 2.23. The molecule has 1 amide bonds. The molecular weight excluding hydrogens is 301 g/mol. The number of carbonyl (C=O) groups is 1. The van der Waals surface area contributed by atoms with Gasteiger partial charge in [0.15, 0.2) is 0 Å². The summed E-state index contributed by atoms with van der Waals surface area (Å²) >= 11 is 3.43. The zero-order chi connectivity index (χ0) is 13.1. The Balaban J connectivity index is 2.15. The normalized spacial score (nSPS) is 19.9. The highest BCUT2D eigenvalue weighted by Gasteiger charge is 2.25. The number of phenolic OH excluding ortho intramolecular Hbond substituents is 1. The van der Waals surface area contributed by atoms with Gasteiger partial charge >= 0.3 is 0 Å². The largest absolute Gasteiger partial charge is 0.507 e. The van der Waals surface area contributed by atoms with Gasteiger partial charge in [0, 0.05) is 24.5 Å². The average molecular weight is 316 g/mol. The molecule has 1 aromatic rings. The van der Waals surface area contributed by atoms with Crippen molar-refractivity contribution >= 4 is 21.8 Å². The molecule has 1 aromatic carbocycles. The molecule has 0 aromatic heterocycles. The molecule has 0 spiro atoms. The van der Waals surface area contributed by atoms with E-state index in [1.807, 2.05) is 0 Å². The van der Waals surface area contributed by atoms with Crippen molar-refractivity contribution in [2.45, 2.75) is 12.8 Å². The van der Waals surface area contributed by atoms with Crippen LogP contribution in [0, 0.1) is 11.7 Å². The smallest absolute Gasteiger partial charge is 0.257 e. The maximum absolute atomic E-state index is 12.9. The molecule has 0 saturated carbocycles. The van der Waals surface area contributed by atoms with E-state index >= 15 is 0 Å². The van der Waals surface area contributed by atoms with E-state index in [2.05, 4.69) is 15.9 Å². The number of nitrogens with zero attached hydrogens (tertiary/aromatic N) is 1. The van der Waals surface area contributed by atoms with E-state index in [-0.39, 0.29) is 17.2 Å². The lowest BCUT2D eigenvalue weighted by atomic mass is 9.99. The SMILES string of the molecule is O=C(c1ccc(F)cc1O)N1CCCC(CBr)C1. The van der Waals surface area contributed by atoms with Crippen molar-refractivity contribution in [1.29, 1.82) is 0 Å². The second-order valence-electron chi connectivity index (χ2n) is 4.58. The minimum atomic E-state index is -0.541. The van der Waals surface area contributed by atoms with Crippen LogP contribution in [-0.4, -0.2) is 34.3 Å². The molecule has 1 saturated heterocycles. The summed E-state index contributed by atoms with van der Waals surface area (Å²) in [5.74, 6) is -0.606. The van der Waals surface area contributed by atoms with Gasteiger partial charge in [-0.25, -0.2) is 4.39 Å². The fourth-order valence-corrected chi connectivity index (χ4v) is 2.76. The highest BCUT2D eigenvalue weighted by Crippen LogP contribution is 2.24. The maximum Gasteiger partial charge on any atom is 0.257 e. The first kappa shape index (κ1) is 13.3. The maximum atomic E-state index is 12.9. The summed E-state index contributed by atoms with van der Waals surface area (Å²) in [7, 11) is 0. The molecule has 1 heterocycles. The summed E-state index contributed by atoms with van der Waals surface area (Å²) in [6.45, 7) is 1.38. The van der Waals surface area contributed by atoms with Gasteiger partial charge in [-0.1, -0.05) is 15.9 Å². The van der Waals surface area contributed by atoms with Crippen molar-refractivity contribution in [2.24, 2.45) is 5.92 Å². The van der Waals surface area contributed by atoms with E-state index < -0.39 is 5.82 Å². The molecule has 1 unspecified atom stereocenters. The number of piperidine rings is 1. The summed E-state index contributed by atoms with van der Waals surface area (Å²) in [5, 5.41) is 10.5. The van der Waals surface area contributed by atoms with Crippen LogP contribution in [0.2, 0.25) is 0 Å². The lowest BCUT2D eigenvalue weighted by Gasteiger charge is -2.32. The summed E-state index contributed by atoms with van der Waals surface area (Å²) in [6, 6.07) is 3.50. The molecule has 5 heteroatoms. The number of amides is 1. The van der Waals surface area contributed by atoms with Gasteiger partial charge in [0.1, 0.15) is 11.6 Å². The first-order valence-corrected chi connectivity index (χ1v) is 7.07. The lowest BCUT2D eigenvalue weighted by Crippen LogP contribution is -2.40. The number of rotatable bonds is 2. The molecule has 1 aliphatic heterocycles. The Morgan fingerprint density at radius 2 is 2.33 bits per heavy atom. The summed E-state index contributed by atoms with van der Waals surface area (Å²) in [5.41, 5.74) is 0.173. The monoisotopic (exact) mass is 315 g/mol. The summed E-state index contributed by atoms with van der Waals surface area (Å²) < 4.78 is 12.9. The van der Waals surface area contributed by atoms with Crippen LogP contribution in [0.25, 0.3) is 0 Å². The van der Waals surface area contributed by atoms with Crippen LogP contribution < -0.4 is 0 Å². The standard InChI is InChI=1S/C13H15BrFNO2/c14-7-9-2-1-5-16(8-9)13(18)11-4-3-10(15)6-12(11)17/h3-4,6,9,17H,1-2,5,7-8H2. The van der Waals surface area contributed by atoms with E-state index in [0.29, 0.717) is 19.0 Å². The quantitative estimate of drug-likeness (QED) is 0.853. The summed E-state index contributed by atoms with van der Waals surface area (Å²) in [6.07, 6.45) is 2.06. The first-order valence-electron chi connectivity index (χ1n) is 5.95. The third-order valence-electron chi connectivity index (χ3n) is 3.21. The number of carbonyl (C=O) groups excluding carboxylic acids is 1. The molecular formula is C13H15BrFNO2. The molecule has 3 nitrogen and oxygen atoms in total. The van der Waals surface area contributed by atoms with Crippen molar-refractivity contribution < 1.29 is 14.3 Å². The van der Waals surface area contributed by atoms with E-state index in [9.17, 15) is 14.3 Å². The lowest BCUT2D eigenvalue weighted by molar-refractivity contribution is 0.0683. The minimum Gasteiger partial charge on any atom is -0.507 e. The van der Waals surface area contributed by atoms with Gasteiger partial charge < -0.3 is 10.0 Å². The molecule has 0 radical (unpaired) electrons. The van der Waals surface area contributed by atoms with Crippen LogP contribution in [0.1, 0.15) is 23.2 Å². The third kappa shape index (κ3) is 2.83. The molecule has 1 N–H and O–H groups in total. The van der Waals surface area contributed by atoms with E-state index in [1.54, 1.807) is 4.90 Å². The van der Waals surface area contributed by atoms with Crippen molar-refractivity contribution in [2.75, 3.05) is 18.4 Å². The van der Waals surface area contributed by atoms with Crippen molar-refractivity contribution in [3.05, 3.63) is 29.6 Å². The first-order chi connectivity index (χ1) is 8.61. The number of alkyl halides is 1. The number of halogens is 2. The molecule has 18 heavy (non-hydrogen) atoms. The number of benzene rings is 1. The predicted molar refractivity (Wildman–Crippen MR) is 70.5 cm³/mol. The van der Waals surface area contributed by atoms with E-state index in [0.717, 1.165) is 24.2 Å². The Kier molecular flexibility index (Phi) is 4.22. The van der Waals surface area contributed by atoms with Crippen LogP contribution in [0.4, 0.5) is 4.39 Å². The topological polar surface area (TPSA) is 40.5 Å². The molecule has 0 aliphatic carbocycles. The van der Waals surface area contributed by atoms with Crippen molar-refractivity contribution in [3.63, 3.8) is 0 Å². The zero-order valence-corrected chi connectivity index (χ0v) is 11.5. The van der Waals surface area contributed by atoms with Gasteiger partial charge in [0.2, 0.25) is 0 Å². The molecule has 1 aliphatic rings. The van der Waals surface area contributed by atoms with Gasteiger partial charge in [-0.3, -0.25) is 4.79 Å². The second-order valence-corrected chi connectivity index (χ2v) is 5.22. The Hall–Kier alpha value is -1.10. The number of hydrogen-bond acceptors (Lipinski definition) is 2. The Morgan fingerprint density at radius 3 is 3.00 bits per heavy atom.